The van der Waals surface area contributed by atoms with Crippen LogP contribution in [0, 0.1) is 0 Å². The Bertz CT molecular complexity index is 808. The van der Waals surface area contributed by atoms with Crippen LogP contribution in [-0.2, 0) is 4.79 Å². The van der Waals surface area contributed by atoms with Gasteiger partial charge in [0.05, 0.1) is 20.2 Å². The van der Waals surface area contributed by atoms with Gasteiger partial charge in [0.25, 0.3) is 5.91 Å². The van der Waals surface area contributed by atoms with Crippen LogP contribution in [0.4, 0.5) is 0 Å². The van der Waals surface area contributed by atoms with Crippen LogP contribution in [0.1, 0.15) is 12.5 Å². The molecule has 0 saturated carbocycles. The highest BCUT2D eigenvalue weighted by Gasteiger charge is 2.15. The third-order valence-corrected chi connectivity index (χ3v) is 4.73. The highest BCUT2D eigenvalue weighted by molar-refractivity contribution is 9.11. The summed E-state index contributed by atoms with van der Waals surface area (Å²) in [6.45, 7) is 1.57. The van der Waals surface area contributed by atoms with Gasteiger partial charge in [-0.05, 0) is 74.7 Å². The Hall–Kier alpha value is -1.28. The molecule has 1 atom stereocenters. The Morgan fingerprint density at radius 3 is 2.52 bits per heavy atom. The van der Waals surface area contributed by atoms with E-state index < -0.39 is 12.0 Å². The molecule has 0 aliphatic heterocycles. The van der Waals surface area contributed by atoms with Gasteiger partial charge in [-0.1, -0.05) is 23.2 Å². The molecule has 0 unspecified atom stereocenters. The minimum absolute atomic E-state index is 0.0862. The van der Waals surface area contributed by atoms with Gasteiger partial charge in [0.2, 0.25) is 0 Å². The molecule has 0 aliphatic carbocycles. The van der Waals surface area contributed by atoms with Gasteiger partial charge in [0, 0.05) is 5.02 Å². The van der Waals surface area contributed by atoms with E-state index in [-0.39, 0.29) is 5.75 Å². The zero-order chi connectivity index (χ0) is 18.6. The van der Waals surface area contributed by atoms with Gasteiger partial charge in [0.1, 0.15) is 11.5 Å². The van der Waals surface area contributed by atoms with Crippen molar-refractivity contribution in [3.63, 3.8) is 0 Å². The van der Waals surface area contributed by atoms with Crippen LogP contribution in [0.3, 0.4) is 0 Å². The Labute approximate surface area is 171 Å². The van der Waals surface area contributed by atoms with Crippen molar-refractivity contribution >= 4 is 67.2 Å². The van der Waals surface area contributed by atoms with Gasteiger partial charge in [-0.2, -0.15) is 5.10 Å². The van der Waals surface area contributed by atoms with Gasteiger partial charge >= 0.3 is 0 Å². The molecule has 0 fully saturated rings. The maximum atomic E-state index is 12.0. The number of phenols is 1. The number of amides is 1. The summed E-state index contributed by atoms with van der Waals surface area (Å²) in [5.41, 5.74) is 3.05. The molecule has 2 N–H and O–H groups in total. The SMILES string of the molecule is C[C@H](Oc1ccc(Cl)cc1Cl)C(=O)N/N=C/c1cc(Br)c(O)c(Br)c1. The van der Waals surface area contributed by atoms with Crippen LogP contribution < -0.4 is 10.2 Å². The van der Waals surface area contributed by atoms with Crippen LogP contribution in [-0.4, -0.2) is 23.3 Å². The van der Waals surface area contributed by atoms with Crippen LogP contribution >= 0.6 is 55.1 Å². The lowest BCUT2D eigenvalue weighted by Gasteiger charge is -2.14. The molecule has 2 aromatic rings. The molecular formula is C16H12Br2Cl2N2O3. The summed E-state index contributed by atoms with van der Waals surface area (Å²) in [6.07, 6.45) is 0.628. The van der Waals surface area contributed by atoms with Crippen molar-refractivity contribution in [1.82, 2.24) is 5.43 Å². The minimum atomic E-state index is -0.811. The van der Waals surface area contributed by atoms with Gasteiger partial charge in [-0.25, -0.2) is 5.43 Å². The first-order chi connectivity index (χ1) is 11.8. The second-order valence-corrected chi connectivity index (χ2v) is 7.45. The average molecular weight is 511 g/mol. The Balaban J connectivity index is 1.97. The molecule has 0 aliphatic rings. The second kappa shape index (κ2) is 8.89. The van der Waals surface area contributed by atoms with Gasteiger partial charge in [-0.15, -0.1) is 0 Å². The van der Waals surface area contributed by atoms with Crippen molar-refractivity contribution in [1.29, 1.82) is 0 Å². The fourth-order valence-corrected chi connectivity index (χ4v) is 3.41. The Morgan fingerprint density at radius 2 is 1.92 bits per heavy atom. The number of phenolic OH excluding ortho intramolecular Hbond substituents is 1. The minimum Gasteiger partial charge on any atom is -0.506 e. The predicted octanol–water partition coefficient (Wildman–Crippen LogP) is 5.14. The molecule has 0 saturated heterocycles. The number of benzene rings is 2. The summed E-state index contributed by atoms with van der Waals surface area (Å²) < 4.78 is 6.50. The topological polar surface area (TPSA) is 70.9 Å². The van der Waals surface area contributed by atoms with E-state index in [1.165, 1.54) is 12.3 Å². The standard InChI is InChI=1S/C16H12Br2Cl2N2O3/c1-8(25-14-3-2-10(19)6-13(14)20)16(24)22-21-7-9-4-11(17)15(23)12(18)5-9/h2-8,23H,1H3,(H,22,24)/b21-7+/t8-/m0/s1. The van der Waals surface area contributed by atoms with Crippen LogP contribution in [0.15, 0.2) is 44.4 Å². The number of hydrazone groups is 1. The van der Waals surface area contributed by atoms with Crippen molar-refractivity contribution in [2.75, 3.05) is 0 Å². The molecule has 5 nitrogen and oxygen atoms in total. The monoisotopic (exact) mass is 508 g/mol. The smallest absolute Gasteiger partial charge is 0.280 e. The maximum absolute atomic E-state index is 12.0. The summed E-state index contributed by atoms with van der Waals surface area (Å²) in [4.78, 5) is 12.0. The largest absolute Gasteiger partial charge is 0.506 e. The number of hydrogen-bond donors (Lipinski definition) is 2. The molecule has 0 spiro atoms. The normalized spacial score (nSPS) is 12.2. The molecule has 2 rings (SSSR count). The Kier molecular flexibility index (Phi) is 7.13. The van der Waals surface area contributed by atoms with E-state index in [4.69, 9.17) is 27.9 Å². The zero-order valence-electron chi connectivity index (χ0n) is 12.8. The molecule has 9 heteroatoms. The lowest BCUT2D eigenvalue weighted by molar-refractivity contribution is -0.127. The number of aromatic hydroxyl groups is 1. The lowest BCUT2D eigenvalue weighted by Crippen LogP contribution is -2.33. The van der Waals surface area contributed by atoms with Crippen molar-refractivity contribution in [3.05, 3.63) is 54.9 Å². The molecule has 0 bridgehead atoms. The fourth-order valence-electron chi connectivity index (χ4n) is 1.74. The van der Waals surface area contributed by atoms with Crippen molar-refractivity contribution < 1.29 is 14.6 Å². The predicted molar refractivity (Wildman–Crippen MR) is 106 cm³/mol. The van der Waals surface area contributed by atoms with E-state index in [0.29, 0.717) is 30.3 Å². The first kappa shape index (κ1) is 20.0. The van der Waals surface area contributed by atoms with E-state index >= 15 is 0 Å². The summed E-state index contributed by atoms with van der Waals surface area (Å²) >= 11 is 18.3. The number of carbonyl (C=O) groups excluding carboxylic acids is 1. The second-order valence-electron chi connectivity index (χ2n) is 4.90. The molecule has 0 radical (unpaired) electrons. The molecule has 0 heterocycles. The third-order valence-electron chi connectivity index (χ3n) is 2.99. The van der Waals surface area contributed by atoms with E-state index in [1.807, 2.05) is 0 Å². The molecule has 0 aromatic heterocycles. The molecule has 2 aromatic carbocycles. The number of hydrogen-bond acceptors (Lipinski definition) is 4. The van der Waals surface area contributed by atoms with E-state index in [2.05, 4.69) is 42.4 Å². The summed E-state index contributed by atoms with van der Waals surface area (Å²) in [6, 6.07) is 8.05. The van der Waals surface area contributed by atoms with Crippen molar-refractivity contribution in [2.45, 2.75) is 13.0 Å². The van der Waals surface area contributed by atoms with Crippen molar-refractivity contribution in [2.24, 2.45) is 5.10 Å². The summed E-state index contributed by atoms with van der Waals surface area (Å²) in [5, 5.41) is 14.3. The number of nitrogens with zero attached hydrogens (tertiary/aromatic N) is 1. The number of ether oxygens (including phenoxy) is 1. The van der Waals surface area contributed by atoms with Gasteiger partial charge < -0.3 is 9.84 Å². The van der Waals surface area contributed by atoms with E-state index in [0.717, 1.165) is 0 Å². The first-order valence-corrected chi connectivity index (χ1v) is 9.24. The molecular weight excluding hydrogens is 499 g/mol. The zero-order valence-corrected chi connectivity index (χ0v) is 17.4. The third kappa shape index (κ3) is 5.60. The molecule has 25 heavy (non-hydrogen) atoms. The van der Waals surface area contributed by atoms with E-state index in [1.54, 1.807) is 31.2 Å². The summed E-state index contributed by atoms with van der Waals surface area (Å²) in [7, 11) is 0. The quantitative estimate of drug-likeness (QED) is 0.432. The van der Waals surface area contributed by atoms with Gasteiger partial charge in [-0.3, -0.25) is 4.79 Å². The van der Waals surface area contributed by atoms with Crippen LogP contribution in [0.2, 0.25) is 10.0 Å². The number of halogens is 4. The first-order valence-electron chi connectivity index (χ1n) is 6.90. The van der Waals surface area contributed by atoms with E-state index in [9.17, 15) is 9.90 Å². The highest BCUT2D eigenvalue weighted by atomic mass is 79.9. The highest BCUT2D eigenvalue weighted by Crippen LogP contribution is 2.32. The van der Waals surface area contributed by atoms with Gasteiger partial charge in [0.15, 0.2) is 6.10 Å². The van der Waals surface area contributed by atoms with Crippen LogP contribution in [0.25, 0.3) is 0 Å². The fraction of sp³-hybridized carbons (Fsp3) is 0.125. The van der Waals surface area contributed by atoms with Crippen molar-refractivity contribution in [3.8, 4) is 11.5 Å². The Morgan fingerprint density at radius 1 is 1.28 bits per heavy atom. The average Bonchev–Trinajstić information content (AvgIpc) is 2.54. The molecule has 132 valence electrons. The number of carbonyl (C=O) groups is 1. The van der Waals surface area contributed by atoms with Crippen LogP contribution in [0.5, 0.6) is 11.5 Å². The maximum Gasteiger partial charge on any atom is 0.280 e. The molecule has 1 amide bonds. The summed E-state index contributed by atoms with van der Waals surface area (Å²) in [5.74, 6) is -0.00804. The number of rotatable bonds is 5. The lowest BCUT2D eigenvalue weighted by atomic mass is 10.2. The number of nitrogens with one attached hydrogen (secondary N) is 1.